The van der Waals surface area contributed by atoms with Crippen molar-refractivity contribution >= 4 is 0 Å². The quantitative estimate of drug-likeness (QED) is 0.703. The zero-order valence-corrected chi connectivity index (χ0v) is 14.2. The van der Waals surface area contributed by atoms with Gasteiger partial charge in [-0.25, -0.2) is 0 Å². The lowest BCUT2D eigenvalue weighted by atomic mass is 9.87. The third-order valence-electron chi connectivity index (χ3n) is 3.20. The van der Waals surface area contributed by atoms with Crippen molar-refractivity contribution in [3.8, 4) is 5.75 Å². The van der Waals surface area contributed by atoms with Gasteiger partial charge < -0.3 is 14.8 Å². The summed E-state index contributed by atoms with van der Waals surface area (Å²) >= 11 is 0. The Hall–Kier alpha value is -1.06. The lowest BCUT2D eigenvalue weighted by Gasteiger charge is -2.19. The van der Waals surface area contributed by atoms with Gasteiger partial charge in [-0.05, 0) is 49.9 Å². The van der Waals surface area contributed by atoms with E-state index in [0.717, 1.165) is 31.9 Å². The van der Waals surface area contributed by atoms with Crippen molar-refractivity contribution in [1.82, 2.24) is 5.32 Å². The predicted octanol–water partition coefficient (Wildman–Crippen LogP) is 3.77. The molecule has 1 aromatic rings. The van der Waals surface area contributed by atoms with E-state index in [1.807, 2.05) is 6.07 Å². The monoisotopic (exact) mass is 293 g/mol. The second-order valence-corrected chi connectivity index (χ2v) is 6.65. The van der Waals surface area contributed by atoms with Gasteiger partial charge in [0.05, 0.1) is 6.10 Å². The molecule has 0 saturated heterocycles. The van der Waals surface area contributed by atoms with Gasteiger partial charge in [0.2, 0.25) is 0 Å². The Bertz CT molecular complexity index is 396. The van der Waals surface area contributed by atoms with Gasteiger partial charge in [0.15, 0.2) is 0 Å². The Labute approximate surface area is 130 Å². The zero-order chi connectivity index (χ0) is 15.7. The molecular weight excluding hydrogens is 262 g/mol. The summed E-state index contributed by atoms with van der Waals surface area (Å²) in [4.78, 5) is 0. The van der Waals surface area contributed by atoms with E-state index in [9.17, 15) is 0 Å². The summed E-state index contributed by atoms with van der Waals surface area (Å²) in [6, 6.07) is 8.37. The van der Waals surface area contributed by atoms with E-state index in [1.165, 1.54) is 5.56 Å². The van der Waals surface area contributed by atoms with Crippen molar-refractivity contribution in [2.24, 2.45) is 0 Å². The van der Waals surface area contributed by atoms with Gasteiger partial charge in [0.1, 0.15) is 12.4 Å². The fourth-order valence-corrected chi connectivity index (χ4v) is 1.93. The molecule has 1 rings (SSSR count). The van der Waals surface area contributed by atoms with Crippen LogP contribution in [0.5, 0.6) is 5.75 Å². The minimum atomic E-state index is 0.161. The van der Waals surface area contributed by atoms with E-state index < -0.39 is 0 Å². The first-order valence-electron chi connectivity index (χ1n) is 7.95. The SMILES string of the molecule is CC(C)OCCCNCCOc1cccc(C(C)(C)C)c1. The highest BCUT2D eigenvalue weighted by atomic mass is 16.5. The molecule has 0 atom stereocenters. The molecule has 3 nitrogen and oxygen atoms in total. The highest BCUT2D eigenvalue weighted by Crippen LogP contribution is 2.25. The molecule has 0 bridgehead atoms. The van der Waals surface area contributed by atoms with E-state index in [1.54, 1.807) is 0 Å². The van der Waals surface area contributed by atoms with Crippen LogP contribution in [-0.2, 0) is 10.2 Å². The van der Waals surface area contributed by atoms with E-state index in [-0.39, 0.29) is 5.41 Å². The van der Waals surface area contributed by atoms with Crippen molar-refractivity contribution in [1.29, 1.82) is 0 Å². The van der Waals surface area contributed by atoms with Gasteiger partial charge in [0.25, 0.3) is 0 Å². The van der Waals surface area contributed by atoms with E-state index in [0.29, 0.717) is 12.7 Å². The summed E-state index contributed by atoms with van der Waals surface area (Å²) in [5.41, 5.74) is 1.47. The average Bonchev–Trinajstić information content (AvgIpc) is 2.41. The van der Waals surface area contributed by atoms with Crippen LogP contribution in [0, 0.1) is 0 Å². The van der Waals surface area contributed by atoms with Crippen LogP contribution < -0.4 is 10.1 Å². The number of benzene rings is 1. The number of nitrogens with one attached hydrogen (secondary N) is 1. The van der Waals surface area contributed by atoms with Crippen molar-refractivity contribution in [3.63, 3.8) is 0 Å². The highest BCUT2D eigenvalue weighted by Gasteiger charge is 2.13. The van der Waals surface area contributed by atoms with Crippen LogP contribution in [0.15, 0.2) is 24.3 Å². The first-order valence-corrected chi connectivity index (χ1v) is 7.95. The Morgan fingerprint density at radius 1 is 1.10 bits per heavy atom. The summed E-state index contributed by atoms with van der Waals surface area (Å²) in [6.07, 6.45) is 1.36. The fourth-order valence-electron chi connectivity index (χ4n) is 1.93. The molecule has 1 N–H and O–H groups in total. The molecule has 0 aliphatic rings. The maximum absolute atomic E-state index is 5.79. The first kappa shape index (κ1) is 18.0. The van der Waals surface area contributed by atoms with Crippen molar-refractivity contribution in [2.45, 2.75) is 52.6 Å². The number of hydrogen-bond acceptors (Lipinski definition) is 3. The van der Waals surface area contributed by atoms with Crippen molar-refractivity contribution in [3.05, 3.63) is 29.8 Å². The van der Waals surface area contributed by atoms with Crippen molar-refractivity contribution < 1.29 is 9.47 Å². The summed E-state index contributed by atoms with van der Waals surface area (Å²) in [6.45, 7) is 14.1. The molecular formula is C18H31NO2. The van der Waals surface area contributed by atoms with E-state index in [2.05, 4.69) is 58.1 Å². The molecule has 0 aromatic heterocycles. The molecule has 3 heteroatoms. The van der Waals surface area contributed by atoms with Gasteiger partial charge in [-0.1, -0.05) is 32.9 Å². The minimum Gasteiger partial charge on any atom is -0.492 e. The van der Waals surface area contributed by atoms with Crippen LogP contribution in [0.2, 0.25) is 0 Å². The van der Waals surface area contributed by atoms with E-state index in [4.69, 9.17) is 9.47 Å². The molecule has 0 saturated carbocycles. The van der Waals surface area contributed by atoms with Gasteiger partial charge in [-0.2, -0.15) is 0 Å². The van der Waals surface area contributed by atoms with Crippen LogP contribution in [0.1, 0.15) is 46.6 Å². The standard InChI is InChI=1S/C18H31NO2/c1-15(2)20-12-7-10-19-11-13-21-17-9-6-8-16(14-17)18(3,4)5/h6,8-9,14-15,19H,7,10-13H2,1-5H3. The Morgan fingerprint density at radius 3 is 2.52 bits per heavy atom. The average molecular weight is 293 g/mol. The topological polar surface area (TPSA) is 30.5 Å². The lowest BCUT2D eigenvalue weighted by Crippen LogP contribution is -2.23. The van der Waals surface area contributed by atoms with Crippen LogP contribution in [0.25, 0.3) is 0 Å². The molecule has 0 unspecified atom stereocenters. The van der Waals surface area contributed by atoms with Gasteiger partial charge >= 0.3 is 0 Å². The molecule has 0 fully saturated rings. The third kappa shape index (κ3) is 8.08. The molecule has 0 amide bonds. The normalized spacial score (nSPS) is 11.9. The predicted molar refractivity (Wildman–Crippen MR) is 89.2 cm³/mol. The van der Waals surface area contributed by atoms with Gasteiger partial charge in [-0.15, -0.1) is 0 Å². The van der Waals surface area contributed by atoms with Crippen LogP contribution >= 0.6 is 0 Å². The molecule has 21 heavy (non-hydrogen) atoms. The highest BCUT2D eigenvalue weighted by molar-refractivity contribution is 5.32. The second kappa shape index (κ2) is 9.06. The zero-order valence-electron chi connectivity index (χ0n) is 14.2. The molecule has 0 aliphatic heterocycles. The maximum atomic E-state index is 5.79. The Balaban J connectivity index is 2.16. The largest absolute Gasteiger partial charge is 0.492 e. The van der Waals surface area contributed by atoms with Crippen LogP contribution in [0.3, 0.4) is 0 Å². The minimum absolute atomic E-state index is 0.161. The second-order valence-electron chi connectivity index (χ2n) is 6.65. The van der Waals surface area contributed by atoms with Crippen molar-refractivity contribution in [2.75, 3.05) is 26.3 Å². The fraction of sp³-hybridized carbons (Fsp3) is 0.667. The molecule has 0 radical (unpaired) electrons. The molecule has 0 heterocycles. The Kier molecular flexibility index (Phi) is 7.76. The smallest absolute Gasteiger partial charge is 0.119 e. The third-order valence-corrected chi connectivity index (χ3v) is 3.20. The number of ether oxygens (including phenoxy) is 2. The van der Waals surface area contributed by atoms with E-state index >= 15 is 0 Å². The summed E-state index contributed by atoms with van der Waals surface area (Å²) in [5.74, 6) is 0.951. The van der Waals surface area contributed by atoms with Gasteiger partial charge in [0, 0.05) is 13.2 Å². The molecule has 0 aliphatic carbocycles. The molecule has 0 spiro atoms. The van der Waals surface area contributed by atoms with Crippen LogP contribution in [-0.4, -0.2) is 32.4 Å². The maximum Gasteiger partial charge on any atom is 0.119 e. The lowest BCUT2D eigenvalue weighted by molar-refractivity contribution is 0.0770. The summed E-state index contributed by atoms with van der Waals surface area (Å²) in [7, 11) is 0. The molecule has 1 aromatic carbocycles. The Morgan fingerprint density at radius 2 is 1.86 bits per heavy atom. The summed E-state index contributed by atoms with van der Waals surface area (Å²) < 4.78 is 11.3. The summed E-state index contributed by atoms with van der Waals surface area (Å²) in [5, 5.41) is 3.37. The number of rotatable bonds is 9. The number of hydrogen-bond donors (Lipinski definition) is 1. The van der Waals surface area contributed by atoms with Gasteiger partial charge in [-0.3, -0.25) is 0 Å². The first-order chi connectivity index (χ1) is 9.89. The molecule has 120 valence electrons. The van der Waals surface area contributed by atoms with Crippen LogP contribution in [0.4, 0.5) is 0 Å².